The molecule has 0 aromatic heterocycles. The van der Waals surface area contributed by atoms with Crippen molar-refractivity contribution in [1.29, 1.82) is 0 Å². The highest BCUT2D eigenvalue weighted by atomic mass is 35.5. The van der Waals surface area contributed by atoms with Crippen molar-refractivity contribution >= 4 is 29.1 Å². The number of nitro groups is 1. The predicted octanol–water partition coefficient (Wildman–Crippen LogP) is 3.48. The summed E-state index contributed by atoms with van der Waals surface area (Å²) in [5, 5.41) is 14.2. The molecule has 18 heavy (non-hydrogen) atoms. The van der Waals surface area contributed by atoms with Crippen molar-refractivity contribution in [2.75, 3.05) is 18.1 Å². The maximum absolute atomic E-state index is 10.7. The van der Waals surface area contributed by atoms with Crippen molar-refractivity contribution in [2.24, 2.45) is 0 Å². The highest BCUT2D eigenvalue weighted by Gasteiger charge is 2.12. The number of nitrogens with one attached hydrogen (secondary N) is 1. The van der Waals surface area contributed by atoms with Crippen molar-refractivity contribution in [3.05, 3.63) is 38.9 Å². The van der Waals surface area contributed by atoms with E-state index in [1.165, 1.54) is 6.07 Å². The molecular weight excluding hydrogens is 272 g/mol. The van der Waals surface area contributed by atoms with E-state index in [1.54, 1.807) is 6.07 Å². The first-order chi connectivity index (χ1) is 8.65. The molecule has 6 heteroatoms. The molecule has 0 amide bonds. The SMILES string of the molecule is CCSCCCNCc1ccc(Cl)c([N+](=O)[O-])c1. The van der Waals surface area contributed by atoms with Crippen LogP contribution in [-0.4, -0.2) is 23.0 Å². The monoisotopic (exact) mass is 288 g/mol. The van der Waals surface area contributed by atoms with Gasteiger partial charge in [-0.3, -0.25) is 10.1 Å². The Bertz CT molecular complexity index is 402. The fraction of sp³-hybridized carbons (Fsp3) is 0.500. The maximum atomic E-state index is 10.7. The van der Waals surface area contributed by atoms with E-state index in [0.717, 1.165) is 30.0 Å². The molecule has 0 saturated carbocycles. The van der Waals surface area contributed by atoms with E-state index in [4.69, 9.17) is 11.6 Å². The fourth-order valence-electron chi connectivity index (χ4n) is 1.48. The van der Waals surface area contributed by atoms with Gasteiger partial charge in [-0.05, 0) is 36.1 Å². The van der Waals surface area contributed by atoms with Crippen molar-refractivity contribution in [2.45, 2.75) is 19.9 Å². The molecule has 0 spiro atoms. The van der Waals surface area contributed by atoms with Crippen molar-refractivity contribution in [3.63, 3.8) is 0 Å². The van der Waals surface area contributed by atoms with Gasteiger partial charge in [0.2, 0.25) is 0 Å². The molecule has 0 saturated heterocycles. The smallest absolute Gasteiger partial charge is 0.288 e. The van der Waals surface area contributed by atoms with Gasteiger partial charge >= 0.3 is 0 Å². The van der Waals surface area contributed by atoms with Crippen LogP contribution in [0, 0.1) is 10.1 Å². The lowest BCUT2D eigenvalue weighted by Gasteiger charge is -2.05. The van der Waals surface area contributed by atoms with Crippen LogP contribution >= 0.6 is 23.4 Å². The van der Waals surface area contributed by atoms with E-state index in [2.05, 4.69) is 12.2 Å². The quantitative estimate of drug-likeness (QED) is 0.452. The number of thioether (sulfide) groups is 1. The largest absolute Gasteiger partial charge is 0.313 e. The van der Waals surface area contributed by atoms with E-state index >= 15 is 0 Å². The minimum atomic E-state index is -0.455. The Morgan fingerprint density at radius 3 is 2.94 bits per heavy atom. The standard InChI is InChI=1S/C12H17ClN2O2S/c1-2-18-7-3-6-14-9-10-4-5-11(13)12(8-10)15(16)17/h4-5,8,14H,2-3,6-7,9H2,1H3. The third-order valence-electron chi connectivity index (χ3n) is 2.38. The van der Waals surface area contributed by atoms with Crippen LogP contribution in [0.3, 0.4) is 0 Å². The van der Waals surface area contributed by atoms with Crippen LogP contribution in [0.4, 0.5) is 5.69 Å². The predicted molar refractivity (Wildman–Crippen MR) is 77.4 cm³/mol. The minimum Gasteiger partial charge on any atom is -0.313 e. The summed E-state index contributed by atoms with van der Waals surface area (Å²) in [6.07, 6.45) is 1.11. The van der Waals surface area contributed by atoms with Crippen molar-refractivity contribution in [3.8, 4) is 0 Å². The first-order valence-corrected chi connectivity index (χ1v) is 7.39. The van der Waals surface area contributed by atoms with Crippen molar-refractivity contribution < 1.29 is 4.92 Å². The lowest BCUT2D eigenvalue weighted by Crippen LogP contribution is -2.15. The lowest BCUT2D eigenvalue weighted by molar-refractivity contribution is -0.384. The molecule has 100 valence electrons. The average molecular weight is 289 g/mol. The number of nitrogens with zero attached hydrogens (tertiary/aromatic N) is 1. The molecule has 0 heterocycles. The first-order valence-electron chi connectivity index (χ1n) is 5.86. The first kappa shape index (κ1) is 15.3. The lowest BCUT2D eigenvalue weighted by atomic mass is 10.2. The summed E-state index contributed by atoms with van der Waals surface area (Å²) in [6, 6.07) is 4.91. The number of halogens is 1. The Morgan fingerprint density at radius 1 is 1.50 bits per heavy atom. The number of benzene rings is 1. The fourth-order valence-corrected chi connectivity index (χ4v) is 2.31. The van der Waals surface area contributed by atoms with Crippen LogP contribution in [-0.2, 0) is 6.54 Å². The molecule has 0 aliphatic carbocycles. The van der Waals surface area contributed by atoms with Gasteiger partial charge < -0.3 is 5.32 Å². The number of nitro benzene ring substituents is 1. The van der Waals surface area contributed by atoms with Crippen LogP contribution in [0.2, 0.25) is 5.02 Å². The third-order valence-corrected chi connectivity index (χ3v) is 3.69. The van der Waals surface area contributed by atoms with Crippen LogP contribution in [0.5, 0.6) is 0 Å². The van der Waals surface area contributed by atoms with Crippen molar-refractivity contribution in [1.82, 2.24) is 5.32 Å². The molecule has 0 unspecified atom stereocenters. The zero-order valence-electron chi connectivity index (χ0n) is 10.3. The van der Waals surface area contributed by atoms with Gasteiger partial charge in [-0.15, -0.1) is 0 Å². The molecule has 1 aromatic rings. The zero-order valence-corrected chi connectivity index (χ0v) is 11.9. The second-order valence-corrected chi connectivity index (χ2v) is 5.57. The van der Waals surface area contributed by atoms with Crippen LogP contribution in [0.15, 0.2) is 18.2 Å². The van der Waals surface area contributed by atoms with Gasteiger partial charge in [0, 0.05) is 12.6 Å². The third kappa shape index (κ3) is 5.25. The Labute approximate surface area is 116 Å². The van der Waals surface area contributed by atoms with E-state index < -0.39 is 4.92 Å². The topological polar surface area (TPSA) is 55.2 Å². The normalized spacial score (nSPS) is 10.6. The molecule has 1 aromatic carbocycles. The molecule has 1 rings (SSSR count). The second-order valence-electron chi connectivity index (χ2n) is 3.77. The summed E-state index contributed by atoms with van der Waals surface area (Å²) in [5.74, 6) is 2.29. The second kappa shape index (κ2) is 8.34. The number of rotatable bonds is 8. The van der Waals surface area contributed by atoms with Gasteiger partial charge in [-0.25, -0.2) is 0 Å². The number of hydrogen-bond acceptors (Lipinski definition) is 4. The summed E-state index contributed by atoms with van der Waals surface area (Å²) in [4.78, 5) is 10.3. The molecule has 0 radical (unpaired) electrons. The van der Waals surface area contributed by atoms with Gasteiger partial charge in [-0.2, -0.15) is 11.8 Å². The zero-order chi connectivity index (χ0) is 13.4. The molecule has 1 N–H and O–H groups in total. The molecule has 4 nitrogen and oxygen atoms in total. The summed E-state index contributed by atoms with van der Waals surface area (Å²) >= 11 is 7.66. The minimum absolute atomic E-state index is 0.0301. The Kier molecular flexibility index (Phi) is 7.08. The Hall–Kier alpha value is -0.780. The van der Waals surface area contributed by atoms with Crippen LogP contribution in [0.1, 0.15) is 18.9 Å². The molecular formula is C12H17ClN2O2S. The average Bonchev–Trinajstić information content (AvgIpc) is 2.35. The van der Waals surface area contributed by atoms with Gasteiger partial charge in [-0.1, -0.05) is 24.6 Å². The van der Waals surface area contributed by atoms with E-state index in [0.29, 0.717) is 6.54 Å². The van der Waals surface area contributed by atoms with E-state index in [9.17, 15) is 10.1 Å². The maximum Gasteiger partial charge on any atom is 0.288 e. The summed E-state index contributed by atoms with van der Waals surface area (Å²) < 4.78 is 0. The number of hydrogen-bond donors (Lipinski definition) is 1. The highest BCUT2D eigenvalue weighted by Crippen LogP contribution is 2.24. The highest BCUT2D eigenvalue weighted by molar-refractivity contribution is 7.99. The van der Waals surface area contributed by atoms with Crippen LogP contribution in [0.25, 0.3) is 0 Å². The van der Waals surface area contributed by atoms with E-state index in [1.807, 2.05) is 17.8 Å². The summed E-state index contributed by atoms with van der Waals surface area (Å²) in [6.45, 7) is 3.70. The molecule has 0 atom stereocenters. The molecule has 0 aliphatic heterocycles. The summed E-state index contributed by atoms with van der Waals surface area (Å²) in [7, 11) is 0. The Morgan fingerprint density at radius 2 is 2.28 bits per heavy atom. The summed E-state index contributed by atoms with van der Waals surface area (Å²) in [5.41, 5.74) is 0.853. The van der Waals surface area contributed by atoms with Crippen LogP contribution < -0.4 is 5.32 Å². The van der Waals surface area contributed by atoms with Gasteiger partial charge in [0.05, 0.1) is 4.92 Å². The molecule has 0 bridgehead atoms. The molecule has 0 fully saturated rings. The molecule has 0 aliphatic rings. The Balaban J connectivity index is 2.38. The van der Waals surface area contributed by atoms with Gasteiger partial charge in [0.15, 0.2) is 0 Å². The van der Waals surface area contributed by atoms with Gasteiger partial charge in [0.1, 0.15) is 5.02 Å². The van der Waals surface area contributed by atoms with Gasteiger partial charge in [0.25, 0.3) is 5.69 Å². The van der Waals surface area contributed by atoms with E-state index in [-0.39, 0.29) is 10.7 Å².